The zero-order chi connectivity index (χ0) is 11.5. The van der Waals surface area contributed by atoms with Gasteiger partial charge in [0.1, 0.15) is 0 Å². The molecule has 0 aromatic carbocycles. The van der Waals surface area contributed by atoms with E-state index >= 15 is 0 Å². The van der Waals surface area contributed by atoms with Crippen LogP contribution in [-0.2, 0) is 14.3 Å². The molecule has 0 fully saturated rings. The third-order valence-electron chi connectivity index (χ3n) is 2.60. The van der Waals surface area contributed by atoms with Crippen LogP contribution in [0.4, 0.5) is 0 Å². The van der Waals surface area contributed by atoms with Gasteiger partial charge in [-0.25, -0.2) is 0 Å². The molecular weight excluding hydrogens is 192 g/mol. The minimum absolute atomic E-state index is 0.112. The number of allylic oxidation sites excluding steroid dienone is 3. The number of hydrogen-bond acceptors (Lipinski definition) is 3. The molecule has 1 unspecified atom stereocenters. The maximum Gasteiger partial charge on any atom is 0.188 e. The molecule has 0 aliphatic heterocycles. The Morgan fingerprint density at radius 2 is 2.07 bits per heavy atom. The van der Waals surface area contributed by atoms with Gasteiger partial charge in [0, 0.05) is 26.6 Å². The molecule has 1 rings (SSSR count). The van der Waals surface area contributed by atoms with Crippen molar-refractivity contribution in [3.8, 4) is 0 Å². The Kier molecular flexibility index (Phi) is 3.83. The highest BCUT2D eigenvalue weighted by Gasteiger charge is 2.35. The van der Waals surface area contributed by atoms with E-state index in [2.05, 4.69) is 0 Å². The fraction of sp³-hybridized carbons (Fsp3) is 0.583. The predicted molar refractivity (Wildman–Crippen MR) is 58.4 cm³/mol. The second kappa shape index (κ2) is 4.73. The van der Waals surface area contributed by atoms with E-state index in [0.717, 1.165) is 5.57 Å². The smallest absolute Gasteiger partial charge is 0.188 e. The highest BCUT2D eigenvalue weighted by molar-refractivity contribution is 5.94. The number of carbonyl (C=O) groups is 1. The third-order valence-corrected chi connectivity index (χ3v) is 2.60. The van der Waals surface area contributed by atoms with Crippen LogP contribution < -0.4 is 0 Å². The molecule has 0 aromatic rings. The summed E-state index contributed by atoms with van der Waals surface area (Å²) in [6, 6.07) is 0. The lowest BCUT2D eigenvalue weighted by atomic mass is 9.87. The van der Waals surface area contributed by atoms with Gasteiger partial charge in [0.15, 0.2) is 11.6 Å². The molecule has 3 nitrogen and oxygen atoms in total. The minimum Gasteiger partial charge on any atom is -0.350 e. The second-order valence-electron chi connectivity index (χ2n) is 4.01. The van der Waals surface area contributed by atoms with Crippen LogP contribution in [0.3, 0.4) is 0 Å². The number of hydrogen-bond donors (Lipinski definition) is 0. The maximum atomic E-state index is 11.6. The SMILES string of the molecule is COC1(OC)C=CC(=O)C(C=C(C)C)C1. The van der Waals surface area contributed by atoms with Crippen molar-refractivity contribution < 1.29 is 14.3 Å². The van der Waals surface area contributed by atoms with Crippen LogP contribution in [0.25, 0.3) is 0 Å². The highest BCUT2D eigenvalue weighted by Crippen LogP contribution is 2.29. The Morgan fingerprint density at radius 1 is 1.47 bits per heavy atom. The Balaban J connectivity index is 2.91. The van der Waals surface area contributed by atoms with Gasteiger partial charge in [-0.05, 0) is 26.0 Å². The summed E-state index contributed by atoms with van der Waals surface area (Å²) in [5.74, 6) is -0.773. The minimum atomic E-state index is -0.746. The van der Waals surface area contributed by atoms with Gasteiger partial charge >= 0.3 is 0 Å². The van der Waals surface area contributed by atoms with Crippen LogP contribution >= 0.6 is 0 Å². The topological polar surface area (TPSA) is 35.5 Å². The fourth-order valence-electron chi connectivity index (χ4n) is 1.74. The number of rotatable bonds is 3. The second-order valence-corrected chi connectivity index (χ2v) is 4.01. The molecule has 1 aliphatic rings. The summed E-state index contributed by atoms with van der Waals surface area (Å²) in [5, 5.41) is 0. The molecule has 0 saturated heterocycles. The molecule has 0 bridgehead atoms. The summed E-state index contributed by atoms with van der Waals surface area (Å²) in [7, 11) is 3.17. The molecule has 0 spiro atoms. The van der Waals surface area contributed by atoms with Crippen molar-refractivity contribution in [2.45, 2.75) is 26.1 Å². The van der Waals surface area contributed by atoms with Gasteiger partial charge in [-0.1, -0.05) is 11.6 Å². The summed E-state index contributed by atoms with van der Waals surface area (Å²) >= 11 is 0. The zero-order valence-corrected chi connectivity index (χ0v) is 9.74. The molecular formula is C12H18O3. The molecule has 1 atom stereocenters. The van der Waals surface area contributed by atoms with Crippen molar-refractivity contribution >= 4 is 5.78 Å². The normalized spacial score (nSPS) is 24.0. The molecule has 3 heteroatoms. The van der Waals surface area contributed by atoms with Gasteiger partial charge in [0.2, 0.25) is 0 Å². The van der Waals surface area contributed by atoms with E-state index in [1.165, 1.54) is 0 Å². The number of carbonyl (C=O) groups excluding carboxylic acids is 1. The van der Waals surface area contributed by atoms with Crippen LogP contribution in [0.15, 0.2) is 23.8 Å². The predicted octanol–water partition coefficient (Wildman–Crippen LogP) is 2.09. The number of ketones is 1. The molecule has 15 heavy (non-hydrogen) atoms. The van der Waals surface area contributed by atoms with Crippen LogP contribution in [0.5, 0.6) is 0 Å². The molecule has 0 heterocycles. The quantitative estimate of drug-likeness (QED) is 0.528. The first-order valence-electron chi connectivity index (χ1n) is 5.01. The van der Waals surface area contributed by atoms with Crippen molar-refractivity contribution in [3.05, 3.63) is 23.8 Å². The fourth-order valence-corrected chi connectivity index (χ4v) is 1.74. The molecule has 0 radical (unpaired) electrons. The first-order valence-corrected chi connectivity index (χ1v) is 5.01. The standard InChI is InChI=1S/C12H18O3/c1-9(2)7-10-8-12(14-3,15-4)6-5-11(10)13/h5-7,10H,8H2,1-4H3. The zero-order valence-electron chi connectivity index (χ0n) is 9.74. The largest absolute Gasteiger partial charge is 0.350 e. The van der Waals surface area contributed by atoms with Crippen LogP contribution in [-0.4, -0.2) is 25.8 Å². The van der Waals surface area contributed by atoms with Crippen LogP contribution in [0.1, 0.15) is 20.3 Å². The molecule has 0 amide bonds. The molecule has 1 aliphatic carbocycles. The van der Waals surface area contributed by atoms with Gasteiger partial charge < -0.3 is 9.47 Å². The van der Waals surface area contributed by atoms with E-state index in [1.54, 1.807) is 26.4 Å². The van der Waals surface area contributed by atoms with E-state index in [4.69, 9.17) is 9.47 Å². The molecule has 0 N–H and O–H groups in total. The summed E-state index contributed by atoms with van der Waals surface area (Å²) in [6.45, 7) is 3.96. The molecule has 0 saturated carbocycles. The summed E-state index contributed by atoms with van der Waals surface area (Å²) < 4.78 is 10.6. The summed E-state index contributed by atoms with van der Waals surface area (Å²) in [6.07, 6.45) is 5.73. The van der Waals surface area contributed by atoms with Crippen LogP contribution in [0.2, 0.25) is 0 Å². The summed E-state index contributed by atoms with van der Waals surface area (Å²) in [5.41, 5.74) is 1.13. The Hall–Kier alpha value is -0.930. The average Bonchev–Trinajstić information content (AvgIpc) is 2.21. The van der Waals surface area contributed by atoms with E-state index in [-0.39, 0.29) is 11.7 Å². The average molecular weight is 210 g/mol. The lowest BCUT2D eigenvalue weighted by Gasteiger charge is -2.32. The lowest BCUT2D eigenvalue weighted by molar-refractivity contribution is -0.183. The number of ether oxygens (including phenoxy) is 2. The number of methoxy groups -OCH3 is 2. The molecule has 0 aromatic heterocycles. The highest BCUT2D eigenvalue weighted by atomic mass is 16.7. The van der Waals surface area contributed by atoms with Crippen LogP contribution in [0, 0.1) is 5.92 Å². The maximum absolute atomic E-state index is 11.6. The van der Waals surface area contributed by atoms with Crippen molar-refractivity contribution in [1.29, 1.82) is 0 Å². The van der Waals surface area contributed by atoms with E-state index < -0.39 is 5.79 Å². The molecule has 84 valence electrons. The van der Waals surface area contributed by atoms with E-state index in [0.29, 0.717) is 6.42 Å². The van der Waals surface area contributed by atoms with Crippen molar-refractivity contribution in [2.24, 2.45) is 5.92 Å². The van der Waals surface area contributed by atoms with Gasteiger partial charge in [0.05, 0.1) is 0 Å². The Labute approximate surface area is 90.8 Å². The van der Waals surface area contributed by atoms with Gasteiger partial charge in [-0.3, -0.25) is 4.79 Å². The van der Waals surface area contributed by atoms with Crippen molar-refractivity contribution in [1.82, 2.24) is 0 Å². The monoisotopic (exact) mass is 210 g/mol. The lowest BCUT2D eigenvalue weighted by Crippen LogP contribution is -2.38. The first kappa shape index (κ1) is 12.1. The van der Waals surface area contributed by atoms with E-state index in [9.17, 15) is 4.79 Å². The van der Waals surface area contributed by atoms with Gasteiger partial charge in [-0.15, -0.1) is 0 Å². The van der Waals surface area contributed by atoms with Gasteiger partial charge in [0.25, 0.3) is 0 Å². The van der Waals surface area contributed by atoms with Crippen molar-refractivity contribution in [2.75, 3.05) is 14.2 Å². The third kappa shape index (κ3) is 2.76. The van der Waals surface area contributed by atoms with Crippen molar-refractivity contribution in [3.63, 3.8) is 0 Å². The summed E-state index contributed by atoms with van der Waals surface area (Å²) in [4.78, 5) is 11.6. The Morgan fingerprint density at radius 3 is 2.53 bits per heavy atom. The Bertz CT molecular complexity index is 294. The van der Waals surface area contributed by atoms with Gasteiger partial charge in [-0.2, -0.15) is 0 Å². The van der Waals surface area contributed by atoms with E-state index in [1.807, 2.05) is 19.9 Å². The first-order chi connectivity index (χ1) is 7.03.